The van der Waals surface area contributed by atoms with E-state index in [9.17, 15) is 9.59 Å². The summed E-state index contributed by atoms with van der Waals surface area (Å²) in [6, 6.07) is 5.20. The van der Waals surface area contributed by atoms with Gasteiger partial charge in [-0.2, -0.15) is 0 Å². The van der Waals surface area contributed by atoms with Gasteiger partial charge in [-0.25, -0.2) is 0 Å². The van der Waals surface area contributed by atoms with Crippen molar-refractivity contribution in [1.29, 1.82) is 0 Å². The van der Waals surface area contributed by atoms with E-state index in [1.54, 1.807) is 25.1 Å². The number of benzene rings is 1. The Morgan fingerprint density at radius 1 is 1.25 bits per heavy atom. The van der Waals surface area contributed by atoms with Gasteiger partial charge in [0.25, 0.3) is 5.91 Å². The number of nitrogens with zero attached hydrogens (tertiary/aromatic N) is 1. The second-order valence-electron chi connectivity index (χ2n) is 4.66. The molecule has 2 N–H and O–H groups in total. The minimum Gasteiger partial charge on any atom is -0.465 e. The van der Waals surface area contributed by atoms with Gasteiger partial charge in [-0.05, 0) is 44.0 Å². The van der Waals surface area contributed by atoms with Gasteiger partial charge in [-0.1, -0.05) is 6.92 Å². The van der Waals surface area contributed by atoms with Crippen molar-refractivity contribution >= 4 is 17.6 Å². The monoisotopic (exact) mass is 278 g/mol. The van der Waals surface area contributed by atoms with Crippen LogP contribution in [0.1, 0.15) is 36.2 Å². The number of carbonyl (C=O) groups excluding carboxylic acids is 2. The van der Waals surface area contributed by atoms with Gasteiger partial charge in [0.15, 0.2) is 0 Å². The molecule has 0 aliphatic rings. The molecule has 0 radical (unpaired) electrons. The van der Waals surface area contributed by atoms with Crippen LogP contribution in [0.4, 0.5) is 5.69 Å². The molecular formula is C15H22N2O3. The lowest BCUT2D eigenvalue weighted by molar-refractivity contribution is -0.143. The van der Waals surface area contributed by atoms with Crippen LogP contribution in [0.25, 0.3) is 0 Å². The summed E-state index contributed by atoms with van der Waals surface area (Å²) >= 11 is 0. The molecule has 20 heavy (non-hydrogen) atoms. The number of hydrogen-bond acceptors (Lipinski definition) is 4. The fourth-order valence-electron chi connectivity index (χ4n) is 2.00. The van der Waals surface area contributed by atoms with Crippen LogP contribution in [0.2, 0.25) is 0 Å². The Morgan fingerprint density at radius 2 is 1.95 bits per heavy atom. The molecular weight excluding hydrogens is 256 g/mol. The molecule has 1 aromatic carbocycles. The molecule has 0 aliphatic heterocycles. The van der Waals surface area contributed by atoms with Crippen molar-refractivity contribution in [2.45, 2.75) is 27.2 Å². The number of ether oxygens (including phenoxy) is 1. The molecule has 1 amide bonds. The van der Waals surface area contributed by atoms with Crippen molar-refractivity contribution in [3.05, 3.63) is 29.3 Å². The third-order valence-electron chi connectivity index (χ3n) is 2.75. The highest BCUT2D eigenvalue weighted by atomic mass is 16.5. The lowest BCUT2D eigenvalue weighted by atomic mass is 10.1. The van der Waals surface area contributed by atoms with Crippen molar-refractivity contribution in [1.82, 2.24) is 4.90 Å². The molecule has 0 saturated carbocycles. The molecule has 0 heterocycles. The molecule has 0 atom stereocenters. The average molecular weight is 278 g/mol. The smallest absolute Gasteiger partial charge is 0.325 e. The lowest BCUT2D eigenvalue weighted by Crippen LogP contribution is -2.37. The van der Waals surface area contributed by atoms with Crippen molar-refractivity contribution in [2.24, 2.45) is 0 Å². The maximum atomic E-state index is 12.4. The molecule has 1 aromatic rings. The van der Waals surface area contributed by atoms with Crippen molar-refractivity contribution < 1.29 is 14.3 Å². The molecule has 0 spiro atoms. The Morgan fingerprint density at radius 3 is 2.50 bits per heavy atom. The molecule has 5 heteroatoms. The zero-order valence-corrected chi connectivity index (χ0v) is 12.3. The van der Waals surface area contributed by atoms with Gasteiger partial charge < -0.3 is 15.4 Å². The summed E-state index contributed by atoms with van der Waals surface area (Å²) in [6.45, 7) is 6.36. The minimum absolute atomic E-state index is 0.0334. The van der Waals surface area contributed by atoms with Crippen LogP contribution in [0.5, 0.6) is 0 Å². The topological polar surface area (TPSA) is 72.6 Å². The maximum Gasteiger partial charge on any atom is 0.325 e. The highest BCUT2D eigenvalue weighted by Gasteiger charge is 2.19. The normalized spacial score (nSPS) is 10.2. The zero-order chi connectivity index (χ0) is 15.1. The van der Waals surface area contributed by atoms with E-state index in [4.69, 9.17) is 10.5 Å². The van der Waals surface area contributed by atoms with E-state index in [0.29, 0.717) is 24.4 Å². The molecule has 0 unspecified atom stereocenters. The van der Waals surface area contributed by atoms with Gasteiger partial charge in [0.05, 0.1) is 6.61 Å². The Bertz CT molecular complexity index is 466. The van der Waals surface area contributed by atoms with Crippen LogP contribution in [0.15, 0.2) is 18.2 Å². The number of esters is 1. The van der Waals surface area contributed by atoms with Crippen molar-refractivity contribution in [3.63, 3.8) is 0 Å². The molecule has 1 rings (SSSR count). The van der Waals surface area contributed by atoms with Crippen LogP contribution in [0, 0.1) is 6.92 Å². The average Bonchev–Trinajstić information content (AvgIpc) is 2.36. The van der Waals surface area contributed by atoms with Gasteiger partial charge in [0.1, 0.15) is 6.54 Å². The van der Waals surface area contributed by atoms with Gasteiger partial charge >= 0.3 is 5.97 Å². The maximum absolute atomic E-state index is 12.4. The third kappa shape index (κ3) is 4.57. The Hall–Kier alpha value is -2.04. The number of aryl methyl sites for hydroxylation is 1. The summed E-state index contributed by atoms with van der Waals surface area (Å²) in [5.41, 5.74) is 7.72. The molecule has 0 aromatic heterocycles. The number of carbonyl (C=O) groups is 2. The summed E-state index contributed by atoms with van der Waals surface area (Å²) in [5, 5.41) is 0. The SMILES string of the molecule is CCCN(CC(=O)OCC)C(=O)c1cc(C)cc(N)c1. The number of rotatable bonds is 6. The van der Waals surface area contributed by atoms with Crippen LogP contribution < -0.4 is 5.73 Å². The van der Waals surface area contributed by atoms with E-state index in [-0.39, 0.29) is 12.5 Å². The van der Waals surface area contributed by atoms with Crippen LogP contribution in [-0.2, 0) is 9.53 Å². The first-order valence-electron chi connectivity index (χ1n) is 6.80. The summed E-state index contributed by atoms with van der Waals surface area (Å²) in [4.78, 5) is 25.5. The highest BCUT2D eigenvalue weighted by Crippen LogP contribution is 2.14. The summed E-state index contributed by atoms with van der Waals surface area (Å²) in [5.74, 6) is -0.592. The fraction of sp³-hybridized carbons (Fsp3) is 0.467. The predicted octanol–water partition coefficient (Wildman–Crippen LogP) is 1.99. The molecule has 0 fully saturated rings. The number of amides is 1. The molecule has 5 nitrogen and oxygen atoms in total. The highest BCUT2D eigenvalue weighted by molar-refractivity contribution is 5.96. The van der Waals surface area contributed by atoms with Crippen LogP contribution in [-0.4, -0.2) is 36.5 Å². The van der Waals surface area contributed by atoms with E-state index >= 15 is 0 Å². The van der Waals surface area contributed by atoms with E-state index in [1.807, 2.05) is 13.8 Å². The number of nitrogen functional groups attached to an aromatic ring is 1. The Kier molecular flexibility index (Phi) is 6.03. The zero-order valence-electron chi connectivity index (χ0n) is 12.3. The summed E-state index contributed by atoms with van der Waals surface area (Å²) in [6.07, 6.45) is 0.770. The van der Waals surface area contributed by atoms with E-state index < -0.39 is 5.97 Å². The molecule has 0 aliphatic carbocycles. The van der Waals surface area contributed by atoms with E-state index in [1.165, 1.54) is 4.90 Å². The largest absolute Gasteiger partial charge is 0.465 e. The van der Waals surface area contributed by atoms with Crippen molar-refractivity contribution in [3.8, 4) is 0 Å². The number of hydrogen-bond donors (Lipinski definition) is 1. The van der Waals surface area contributed by atoms with Gasteiger partial charge in [-0.15, -0.1) is 0 Å². The second-order valence-corrected chi connectivity index (χ2v) is 4.66. The summed E-state index contributed by atoms with van der Waals surface area (Å²) < 4.78 is 4.89. The van der Waals surface area contributed by atoms with Gasteiger partial charge in [-0.3, -0.25) is 9.59 Å². The fourth-order valence-corrected chi connectivity index (χ4v) is 2.00. The van der Waals surface area contributed by atoms with Crippen molar-refractivity contribution in [2.75, 3.05) is 25.4 Å². The number of anilines is 1. The van der Waals surface area contributed by atoms with E-state index in [0.717, 1.165) is 12.0 Å². The molecule has 0 bridgehead atoms. The Labute approximate surface area is 119 Å². The molecule has 0 saturated heterocycles. The third-order valence-corrected chi connectivity index (χ3v) is 2.75. The van der Waals surface area contributed by atoms with Gasteiger partial charge in [0, 0.05) is 17.8 Å². The summed E-state index contributed by atoms with van der Waals surface area (Å²) in [7, 11) is 0. The molecule has 110 valence electrons. The first-order chi connectivity index (χ1) is 9.47. The lowest BCUT2D eigenvalue weighted by Gasteiger charge is -2.21. The Balaban J connectivity index is 2.89. The first-order valence-corrected chi connectivity index (χ1v) is 6.80. The first kappa shape index (κ1) is 16.0. The van der Waals surface area contributed by atoms with Gasteiger partial charge in [0.2, 0.25) is 0 Å². The second kappa shape index (κ2) is 7.53. The van der Waals surface area contributed by atoms with Crippen LogP contribution in [0.3, 0.4) is 0 Å². The standard InChI is InChI=1S/C15H22N2O3/c1-4-6-17(10-14(18)20-5-2)15(19)12-7-11(3)8-13(16)9-12/h7-9H,4-6,10,16H2,1-3H3. The van der Waals surface area contributed by atoms with Crippen LogP contribution >= 0.6 is 0 Å². The minimum atomic E-state index is -0.394. The quantitative estimate of drug-likeness (QED) is 0.638. The van der Waals surface area contributed by atoms with E-state index in [2.05, 4.69) is 0 Å². The number of nitrogens with two attached hydrogens (primary N) is 1. The predicted molar refractivity (Wildman–Crippen MR) is 78.4 cm³/mol.